The van der Waals surface area contributed by atoms with Gasteiger partial charge in [0.1, 0.15) is 11.5 Å². The van der Waals surface area contributed by atoms with Crippen LogP contribution in [0.2, 0.25) is 0 Å². The highest BCUT2D eigenvalue weighted by Crippen LogP contribution is 2.33. The number of carbonyl (C=O) groups is 1. The van der Waals surface area contributed by atoms with Gasteiger partial charge >= 0.3 is 0 Å². The van der Waals surface area contributed by atoms with Gasteiger partial charge in [-0.1, -0.05) is 11.2 Å². The molecule has 3 aromatic rings. The first-order chi connectivity index (χ1) is 13.1. The second-order valence-electron chi connectivity index (χ2n) is 6.83. The Hall–Kier alpha value is -3.09. The molecule has 3 aromatic heterocycles. The van der Waals surface area contributed by atoms with E-state index in [4.69, 9.17) is 9.51 Å². The third-order valence-electron chi connectivity index (χ3n) is 5.00. The maximum Gasteiger partial charge on any atom is 0.273 e. The van der Waals surface area contributed by atoms with E-state index in [-0.39, 0.29) is 11.9 Å². The fraction of sp³-hybridized carbons (Fsp3) is 0.350. The molecule has 0 unspecified atom stereocenters. The fourth-order valence-electron chi connectivity index (χ4n) is 3.64. The molecule has 0 spiro atoms. The Bertz CT molecular complexity index is 978. The Morgan fingerprint density at radius 3 is 2.78 bits per heavy atom. The van der Waals surface area contributed by atoms with Crippen molar-refractivity contribution in [2.24, 2.45) is 0 Å². The van der Waals surface area contributed by atoms with Gasteiger partial charge in [0.05, 0.1) is 23.0 Å². The van der Waals surface area contributed by atoms with Crippen LogP contribution in [0.3, 0.4) is 0 Å². The highest BCUT2D eigenvalue weighted by molar-refractivity contribution is 5.94. The molecule has 0 saturated carbocycles. The second kappa shape index (κ2) is 6.90. The van der Waals surface area contributed by atoms with Crippen molar-refractivity contribution >= 4 is 5.91 Å². The Kier molecular flexibility index (Phi) is 4.43. The first kappa shape index (κ1) is 17.3. The molecule has 7 heteroatoms. The molecule has 4 heterocycles. The van der Waals surface area contributed by atoms with Gasteiger partial charge in [0.2, 0.25) is 0 Å². The first-order valence-corrected chi connectivity index (χ1v) is 9.05. The monoisotopic (exact) mass is 363 g/mol. The predicted octanol–water partition coefficient (Wildman–Crippen LogP) is 3.43. The summed E-state index contributed by atoms with van der Waals surface area (Å²) in [7, 11) is 0. The van der Waals surface area contributed by atoms with E-state index in [9.17, 15) is 4.79 Å². The highest BCUT2D eigenvalue weighted by Gasteiger charge is 2.33. The van der Waals surface area contributed by atoms with Crippen LogP contribution in [-0.4, -0.2) is 37.5 Å². The van der Waals surface area contributed by atoms with E-state index in [2.05, 4.69) is 15.1 Å². The fourth-order valence-corrected chi connectivity index (χ4v) is 3.64. The van der Waals surface area contributed by atoms with E-state index in [1.807, 2.05) is 43.9 Å². The molecule has 1 saturated heterocycles. The number of hydrogen-bond donors (Lipinski definition) is 0. The van der Waals surface area contributed by atoms with Crippen molar-refractivity contribution in [2.75, 3.05) is 6.54 Å². The lowest BCUT2D eigenvalue weighted by Gasteiger charge is -2.24. The Labute approximate surface area is 157 Å². The summed E-state index contributed by atoms with van der Waals surface area (Å²) in [6, 6.07) is 5.55. The van der Waals surface area contributed by atoms with Gasteiger partial charge in [-0.2, -0.15) is 0 Å². The molecule has 0 radical (unpaired) electrons. The normalized spacial score (nSPS) is 16.7. The molecule has 1 atom stereocenters. The third kappa shape index (κ3) is 3.09. The number of aryl methyl sites for hydroxylation is 3. The third-order valence-corrected chi connectivity index (χ3v) is 5.00. The van der Waals surface area contributed by atoms with Gasteiger partial charge in [0, 0.05) is 18.9 Å². The smallest absolute Gasteiger partial charge is 0.273 e. The topological polar surface area (TPSA) is 85.0 Å². The van der Waals surface area contributed by atoms with Gasteiger partial charge in [-0.25, -0.2) is 9.97 Å². The van der Waals surface area contributed by atoms with E-state index in [0.717, 1.165) is 35.4 Å². The SMILES string of the molecule is Cc1cccnc1C(=O)N1CCC[C@H]1c1ccnc(-c2c(C)noc2C)n1. The lowest BCUT2D eigenvalue weighted by atomic mass is 10.1. The predicted molar refractivity (Wildman–Crippen MR) is 99.0 cm³/mol. The minimum Gasteiger partial charge on any atom is -0.361 e. The Morgan fingerprint density at radius 2 is 2.04 bits per heavy atom. The van der Waals surface area contributed by atoms with Crippen molar-refractivity contribution in [3.05, 3.63) is 59.0 Å². The summed E-state index contributed by atoms with van der Waals surface area (Å²) in [6.45, 7) is 6.33. The molecule has 1 aliphatic rings. The van der Waals surface area contributed by atoms with Gasteiger partial charge in [-0.15, -0.1) is 0 Å². The van der Waals surface area contributed by atoms with Crippen LogP contribution >= 0.6 is 0 Å². The second-order valence-corrected chi connectivity index (χ2v) is 6.83. The molecule has 7 nitrogen and oxygen atoms in total. The maximum absolute atomic E-state index is 13.1. The number of amides is 1. The lowest BCUT2D eigenvalue weighted by molar-refractivity contribution is 0.0726. The molecule has 0 bridgehead atoms. The Balaban J connectivity index is 1.68. The zero-order chi connectivity index (χ0) is 19.0. The summed E-state index contributed by atoms with van der Waals surface area (Å²) in [6.07, 6.45) is 5.20. The number of carbonyl (C=O) groups excluding carboxylic acids is 1. The van der Waals surface area contributed by atoms with E-state index in [1.165, 1.54) is 0 Å². The van der Waals surface area contributed by atoms with Crippen molar-refractivity contribution in [2.45, 2.75) is 39.7 Å². The average molecular weight is 363 g/mol. The summed E-state index contributed by atoms with van der Waals surface area (Å²) < 4.78 is 5.24. The van der Waals surface area contributed by atoms with Crippen molar-refractivity contribution in [3.63, 3.8) is 0 Å². The van der Waals surface area contributed by atoms with Crippen LogP contribution in [0.5, 0.6) is 0 Å². The average Bonchev–Trinajstić information content (AvgIpc) is 3.28. The summed E-state index contributed by atoms with van der Waals surface area (Å²) in [5.74, 6) is 1.22. The number of pyridine rings is 1. The molecule has 1 amide bonds. The van der Waals surface area contributed by atoms with Crippen LogP contribution in [0.15, 0.2) is 35.1 Å². The lowest BCUT2D eigenvalue weighted by Crippen LogP contribution is -2.32. The molecule has 138 valence electrons. The number of likely N-dealkylation sites (tertiary alicyclic amines) is 1. The van der Waals surface area contributed by atoms with Crippen LogP contribution < -0.4 is 0 Å². The minimum atomic E-state index is -0.0823. The number of rotatable bonds is 3. The largest absolute Gasteiger partial charge is 0.361 e. The highest BCUT2D eigenvalue weighted by atomic mass is 16.5. The molecule has 27 heavy (non-hydrogen) atoms. The maximum atomic E-state index is 13.1. The molecule has 0 aromatic carbocycles. The van der Waals surface area contributed by atoms with E-state index < -0.39 is 0 Å². The van der Waals surface area contributed by atoms with Gasteiger partial charge in [0.25, 0.3) is 5.91 Å². The number of aromatic nitrogens is 4. The molecule has 0 N–H and O–H groups in total. The van der Waals surface area contributed by atoms with Crippen LogP contribution in [0.1, 0.15) is 52.1 Å². The Morgan fingerprint density at radius 1 is 1.19 bits per heavy atom. The minimum absolute atomic E-state index is 0.0481. The quantitative estimate of drug-likeness (QED) is 0.709. The van der Waals surface area contributed by atoms with E-state index >= 15 is 0 Å². The van der Waals surface area contributed by atoms with Crippen LogP contribution in [0, 0.1) is 20.8 Å². The summed E-state index contributed by atoms with van der Waals surface area (Å²) in [4.78, 5) is 28.4. The number of nitrogens with zero attached hydrogens (tertiary/aromatic N) is 5. The molecule has 0 aliphatic carbocycles. The zero-order valence-electron chi connectivity index (χ0n) is 15.6. The summed E-state index contributed by atoms with van der Waals surface area (Å²) >= 11 is 0. The molecule has 1 fully saturated rings. The van der Waals surface area contributed by atoms with Crippen LogP contribution in [0.4, 0.5) is 0 Å². The van der Waals surface area contributed by atoms with Crippen molar-refractivity contribution < 1.29 is 9.32 Å². The van der Waals surface area contributed by atoms with Crippen molar-refractivity contribution in [1.82, 2.24) is 25.0 Å². The van der Waals surface area contributed by atoms with Gasteiger partial charge in [-0.05, 0) is 51.3 Å². The van der Waals surface area contributed by atoms with Crippen LogP contribution in [-0.2, 0) is 0 Å². The van der Waals surface area contributed by atoms with Gasteiger partial charge < -0.3 is 9.42 Å². The van der Waals surface area contributed by atoms with Crippen molar-refractivity contribution in [1.29, 1.82) is 0 Å². The standard InChI is InChI=1S/C20H21N5O2/c1-12-6-4-9-21-18(12)20(26)25-11-5-7-16(25)15-8-10-22-19(23-15)17-13(2)24-27-14(17)3/h4,6,8-10,16H,5,7,11H2,1-3H3/t16-/m0/s1. The van der Waals surface area contributed by atoms with Gasteiger partial charge in [-0.3, -0.25) is 9.78 Å². The molecule has 1 aliphatic heterocycles. The van der Waals surface area contributed by atoms with Gasteiger partial charge in [0.15, 0.2) is 5.82 Å². The zero-order valence-corrected chi connectivity index (χ0v) is 15.6. The molecular formula is C20H21N5O2. The summed E-state index contributed by atoms with van der Waals surface area (Å²) in [5.41, 5.74) is 3.79. The molecular weight excluding hydrogens is 342 g/mol. The van der Waals surface area contributed by atoms with E-state index in [1.54, 1.807) is 12.4 Å². The molecule has 4 rings (SSSR count). The van der Waals surface area contributed by atoms with E-state index in [0.29, 0.717) is 23.8 Å². The summed E-state index contributed by atoms with van der Waals surface area (Å²) in [5, 5.41) is 3.98. The van der Waals surface area contributed by atoms with Crippen LogP contribution in [0.25, 0.3) is 11.4 Å². The van der Waals surface area contributed by atoms with Crippen molar-refractivity contribution in [3.8, 4) is 11.4 Å². The first-order valence-electron chi connectivity index (χ1n) is 9.05. The number of hydrogen-bond acceptors (Lipinski definition) is 6.